The molecule has 0 aliphatic carbocycles. The first-order valence-electron chi connectivity index (χ1n) is 5.42. The Morgan fingerprint density at radius 1 is 1.35 bits per heavy atom. The third-order valence-electron chi connectivity index (χ3n) is 2.17. The van der Waals surface area contributed by atoms with Crippen molar-refractivity contribution >= 4 is 17.6 Å². The molecule has 0 unspecified atom stereocenters. The number of amides is 1. The van der Waals surface area contributed by atoms with Gasteiger partial charge >= 0.3 is 5.97 Å². The first kappa shape index (κ1) is 13.2. The van der Waals surface area contributed by atoms with Gasteiger partial charge in [0.25, 0.3) is 0 Å². The minimum Gasteiger partial charge on any atom is -0.481 e. The van der Waals surface area contributed by atoms with E-state index in [1.807, 2.05) is 0 Å². The number of carbonyl (C=O) groups is 2. The monoisotopic (exact) mass is 236 g/mol. The average Bonchev–Trinajstić information content (AvgIpc) is 2.26. The molecule has 4 N–H and O–H groups in total. The second-order valence-electron chi connectivity index (χ2n) is 3.71. The number of hydrogen-bond donors (Lipinski definition) is 3. The summed E-state index contributed by atoms with van der Waals surface area (Å²) in [6.07, 6.45) is 0.965. The van der Waals surface area contributed by atoms with Crippen molar-refractivity contribution < 1.29 is 14.7 Å². The van der Waals surface area contributed by atoms with Crippen LogP contribution in [0.15, 0.2) is 24.3 Å². The van der Waals surface area contributed by atoms with Gasteiger partial charge in [0.05, 0.1) is 6.42 Å². The second-order valence-corrected chi connectivity index (χ2v) is 3.71. The van der Waals surface area contributed by atoms with E-state index in [0.29, 0.717) is 30.6 Å². The van der Waals surface area contributed by atoms with E-state index in [1.54, 1.807) is 24.3 Å². The smallest absolute Gasteiger partial charge is 0.307 e. The van der Waals surface area contributed by atoms with Gasteiger partial charge in [0.2, 0.25) is 5.91 Å². The summed E-state index contributed by atoms with van der Waals surface area (Å²) in [6.45, 7) is 0.479. The molecular formula is C12H16N2O3. The van der Waals surface area contributed by atoms with E-state index in [4.69, 9.17) is 10.8 Å². The minimum absolute atomic E-state index is 0.0491. The van der Waals surface area contributed by atoms with Gasteiger partial charge in [-0.05, 0) is 30.7 Å². The largest absolute Gasteiger partial charge is 0.481 e. The Balaban J connectivity index is 2.59. The first-order valence-corrected chi connectivity index (χ1v) is 5.42. The van der Waals surface area contributed by atoms with Crippen molar-refractivity contribution in [3.05, 3.63) is 29.8 Å². The summed E-state index contributed by atoms with van der Waals surface area (Å²) in [5, 5.41) is 11.4. The van der Waals surface area contributed by atoms with Crippen molar-refractivity contribution in [3.63, 3.8) is 0 Å². The highest BCUT2D eigenvalue weighted by Crippen LogP contribution is 2.11. The molecular weight excluding hydrogens is 220 g/mol. The van der Waals surface area contributed by atoms with E-state index in [9.17, 15) is 9.59 Å². The molecule has 0 spiro atoms. The lowest BCUT2D eigenvalue weighted by atomic mass is 10.1. The number of nitrogens with two attached hydrogens (primary N) is 1. The number of nitrogens with one attached hydrogen (secondary N) is 1. The van der Waals surface area contributed by atoms with Crippen LogP contribution in [0.1, 0.15) is 18.4 Å². The van der Waals surface area contributed by atoms with Gasteiger partial charge in [-0.25, -0.2) is 0 Å². The Bertz CT molecular complexity index is 404. The van der Waals surface area contributed by atoms with Crippen LogP contribution in [0.25, 0.3) is 0 Å². The van der Waals surface area contributed by atoms with Crippen molar-refractivity contribution in [1.29, 1.82) is 0 Å². The molecule has 5 nitrogen and oxygen atoms in total. The lowest BCUT2D eigenvalue weighted by Gasteiger charge is -2.06. The molecule has 5 heteroatoms. The molecule has 1 aromatic carbocycles. The molecule has 17 heavy (non-hydrogen) atoms. The maximum absolute atomic E-state index is 11.4. The number of rotatable bonds is 6. The Kier molecular flexibility index (Phi) is 5.16. The number of carbonyl (C=O) groups excluding carboxylic acids is 1. The van der Waals surface area contributed by atoms with Gasteiger partial charge in [-0.1, -0.05) is 12.1 Å². The zero-order chi connectivity index (χ0) is 12.7. The number of aliphatic carboxylic acids is 1. The number of carboxylic acids is 1. The van der Waals surface area contributed by atoms with Crippen LogP contribution in [0.2, 0.25) is 0 Å². The van der Waals surface area contributed by atoms with Gasteiger partial charge in [0.15, 0.2) is 0 Å². The van der Waals surface area contributed by atoms with Gasteiger partial charge in [0.1, 0.15) is 0 Å². The molecule has 0 saturated heterocycles. The van der Waals surface area contributed by atoms with E-state index in [2.05, 4.69) is 5.32 Å². The van der Waals surface area contributed by atoms with Crippen LogP contribution in [-0.2, 0) is 16.0 Å². The molecule has 0 aliphatic rings. The Morgan fingerprint density at radius 3 is 2.76 bits per heavy atom. The van der Waals surface area contributed by atoms with Gasteiger partial charge in [-0.3, -0.25) is 9.59 Å². The fourth-order valence-corrected chi connectivity index (χ4v) is 1.42. The van der Waals surface area contributed by atoms with Crippen LogP contribution >= 0.6 is 0 Å². The maximum atomic E-state index is 11.4. The fourth-order valence-electron chi connectivity index (χ4n) is 1.42. The lowest BCUT2D eigenvalue weighted by molar-refractivity contribution is -0.136. The highest BCUT2D eigenvalue weighted by molar-refractivity contribution is 5.90. The fraction of sp³-hybridized carbons (Fsp3) is 0.333. The number of hydrogen-bond acceptors (Lipinski definition) is 3. The first-order chi connectivity index (χ1) is 8.11. The molecule has 0 bridgehead atoms. The molecule has 0 aromatic heterocycles. The van der Waals surface area contributed by atoms with Gasteiger partial charge in [0, 0.05) is 12.1 Å². The van der Waals surface area contributed by atoms with E-state index >= 15 is 0 Å². The number of carboxylic acid groups (broad SMARTS) is 1. The van der Waals surface area contributed by atoms with E-state index in [1.165, 1.54) is 0 Å². The quantitative estimate of drug-likeness (QED) is 0.686. The van der Waals surface area contributed by atoms with Crippen molar-refractivity contribution in [2.75, 3.05) is 11.9 Å². The predicted molar refractivity (Wildman–Crippen MR) is 64.7 cm³/mol. The van der Waals surface area contributed by atoms with E-state index in [-0.39, 0.29) is 12.3 Å². The molecule has 0 heterocycles. The van der Waals surface area contributed by atoms with Gasteiger partial charge in [-0.15, -0.1) is 0 Å². The summed E-state index contributed by atoms with van der Waals surface area (Å²) in [7, 11) is 0. The molecule has 1 amide bonds. The van der Waals surface area contributed by atoms with Crippen LogP contribution < -0.4 is 11.1 Å². The zero-order valence-electron chi connectivity index (χ0n) is 9.48. The lowest BCUT2D eigenvalue weighted by Crippen LogP contribution is -2.13. The standard InChI is InChI=1S/C12H16N2O3/c13-6-2-5-11(15)14-10-4-1-3-9(7-10)8-12(16)17/h1,3-4,7H,2,5-6,8,13H2,(H,14,15)(H,16,17). The SMILES string of the molecule is NCCCC(=O)Nc1cccc(CC(=O)O)c1. The average molecular weight is 236 g/mol. The molecule has 1 rings (SSSR count). The normalized spacial score (nSPS) is 9.94. The Labute approximate surface area is 99.6 Å². The third kappa shape index (κ3) is 5.12. The Morgan fingerprint density at radius 2 is 2.12 bits per heavy atom. The second kappa shape index (κ2) is 6.65. The maximum Gasteiger partial charge on any atom is 0.307 e. The molecule has 0 aliphatic heterocycles. The third-order valence-corrected chi connectivity index (χ3v) is 2.17. The van der Waals surface area contributed by atoms with Crippen LogP contribution in [0.5, 0.6) is 0 Å². The van der Waals surface area contributed by atoms with Crippen molar-refractivity contribution in [2.24, 2.45) is 5.73 Å². The Hall–Kier alpha value is -1.88. The zero-order valence-corrected chi connectivity index (χ0v) is 9.48. The van der Waals surface area contributed by atoms with Gasteiger partial charge < -0.3 is 16.2 Å². The molecule has 92 valence electrons. The van der Waals surface area contributed by atoms with Crippen LogP contribution in [0, 0.1) is 0 Å². The highest BCUT2D eigenvalue weighted by atomic mass is 16.4. The molecule has 0 atom stereocenters. The molecule has 0 saturated carbocycles. The number of benzene rings is 1. The van der Waals surface area contributed by atoms with Crippen LogP contribution in [-0.4, -0.2) is 23.5 Å². The molecule has 1 aromatic rings. The summed E-state index contributed by atoms with van der Waals surface area (Å²) in [5.41, 5.74) is 6.58. The highest BCUT2D eigenvalue weighted by Gasteiger charge is 2.04. The van der Waals surface area contributed by atoms with Crippen molar-refractivity contribution in [3.8, 4) is 0 Å². The summed E-state index contributed by atoms with van der Waals surface area (Å²) in [4.78, 5) is 22.0. The van der Waals surface area contributed by atoms with Crippen LogP contribution in [0.4, 0.5) is 5.69 Å². The van der Waals surface area contributed by atoms with E-state index in [0.717, 1.165) is 0 Å². The van der Waals surface area contributed by atoms with Gasteiger partial charge in [-0.2, -0.15) is 0 Å². The topological polar surface area (TPSA) is 92.4 Å². The minimum atomic E-state index is -0.892. The summed E-state index contributed by atoms with van der Waals surface area (Å²) < 4.78 is 0. The molecule has 0 radical (unpaired) electrons. The number of anilines is 1. The van der Waals surface area contributed by atoms with Crippen molar-refractivity contribution in [1.82, 2.24) is 0 Å². The summed E-state index contributed by atoms with van der Waals surface area (Å²) >= 11 is 0. The van der Waals surface area contributed by atoms with Crippen molar-refractivity contribution in [2.45, 2.75) is 19.3 Å². The van der Waals surface area contributed by atoms with Crippen LogP contribution in [0.3, 0.4) is 0 Å². The molecule has 0 fully saturated rings. The summed E-state index contributed by atoms with van der Waals surface area (Å²) in [5.74, 6) is -1.00. The summed E-state index contributed by atoms with van der Waals surface area (Å²) in [6, 6.07) is 6.82. The predicted octanol–water partition coefficient (Wildman–Crippen LogP) is 0.991. The van der Waals surface area contributed by atoms with E-state index < -0.39 is 5.97 Å².